The van der Waals surface area contributed by atoms with Gasteiger partial charge >= 0.3 is 0 Å². The number of hydrogen-bond donors (Lipinski definition) is 0. The molecule has 0 atom stereocenters. The number of para-hydroxylation sites is 1. The van der Waals surface area contributed by atoms with Gasteiger partial charge in [0.1, 0.15) is 10.8 Å². The lowest BCUT2D eigenvalue weighted by Crippen LogP contribution is -1.90. The average molecular weight is 369 g/mol. The molecule has 0 N–H and O–H groups in total. The highest BCUT2D eigenvalue weighted by atomic mass is 35.5. The highest BCUT2D eigenvalue weighted by Crippen LogP contribution is 2.25. The molecule has 0 spiro atoms. The minimum Gasteiger partial charge on any atom is -0.496 e. The van der Waals surface area contributed by atoms with E-state index in [2.05, 4.69) is 15.3 Å². The van der Waals surface area contributed by atoms with Crippen molar-refractivity contribution in [1.82, 2.24) is 19.8 Å². The molecule has 0 saturated carbocycles. The lowest BCUT2D eigenvalue weighted by molar-refractivity contribution is 0.414. The van der Waals surface area contributed by atoms with E-state index in [0.717, 1.165) is 26.8 Å². The van der Waals surface area contributed by atoms with Crippen LogP contribution in [0.1, 0.15) is 10.6 Å². The van der Waals surface area contributed by atoms with Crippen LogP contribution in [0.25, 0.3) is 28.5 Å². The van der Waals surface area contributed by atoms with Gasteiger partial charge in [0.15, 0.2) is 5.82 Å². The minimum atomic E-state index is 0.653. The Kier molecular flexibility index (Phi) is 4.21. The maximum atomic E-state index is 6.07. The third-order valence-corrected chi connectivity index (χ3v) is 4.73. The third kappa shape index (κ3) is 3.14. The lowest BCUT2D eigenvalue weighted by atomic mass is 10.2. The summed E-state index contributed by atoms with van der Waals surface area (Å²) in [6.45, 7) is 0. The van der Waals surface area contributed by atoms with Crippen molar-refractivity contribution in [2.45, 2.75) is 0 Å². The molecule has 7 heteroatoms. The van der Waals surface area contributed by atoms with E-state index in [9.17, 15) is 0 Å². The molecule has 2 aromatic carbocycles. The van der Waals surface area contributed by atoms with E-state index >= 15 is 0 Å². The Bertz CT molecular complexity index is 1070. The first-order valence-electron chi connectivity index (χ1n) is 7.54. The van der Waals surface area contributed by atoms with Crippen LogP contribution in [0, 0.1) is 0 Å². The maximum absolute atomic E-state index is 6.07. The van der Waals surface area contributed by atoms with Gasteiger partial charge in [0.2, 0.25) is 4.96 Å². The van der Waals surface area contributed by atoms with Crippen LogP contribution >= 0.6 is 22.9 Å². The molecule has 4 aromatic rings. The summed E-state index contributed by atoms with van der Waals surface area (Å²) < 4.78 is 7.09. The molecule has 0 fully saturated rings. The molecule has 0 aliphatic heterocycles. The maximum Gasteiger partial charge on any atom is 0.235 e. The normalized spacial score (nSPS) is 11.4. The van der Waals surface area contributed by atoms with Crippen LogP contribution in [0.15, 0.2) is 48.5 Å². The monoisotopic (exact) mass is 368 g/mol. The van der Waals surface area contributed by atoms with E-state index in [4.69, 9.17) is 16.3 Å². The summed E-state index contributed by atoms with van der Waals surface area (Å²) in [4.78, 5) is 0.731. The van der Waals surface area contributed by atoms with Gasteiger partial charge in [-0.15, -0.1) is 10.2 Å². The number of nitrogens with zero attached hydrogens (tertiary/aromatic N) is 4. The fourth-order valence-electron chi connectivity index (χ4n) is 2.47. The van der Waals surface area contributed by atoms with Crippen molar-refractivity contribution in [2.75, 3.05) is 7.11 Å². The molecule has 5 nitrogen and oxygen atoms in total. The van der Waals surface area contributed by atoms with Crippen molar-refractivity contribution in [3.8, 4) is 17.1 Å². The molecule has 0 bridgehead atoms. The predicted molar refractivity (Wildman–Crippen MR) is 101 cm³/mol. The molecule has 2 aromatic heterocycles. The first-order chi connectivity index (χ1) is 12.2. The number of methoxy groups -OCH3 is 1. The zero-order valence-corrected chi connectivity index (χ0v) is 14.8. The fraction of sp³-hybridized carbons (Fsp3) is 0.0556. The van der Waals surface area contributed by atoms with Gasteiger partial charge in [-0.3, -0.25) is 0 Å². The van der Waals surface area contributed by atoms with Crippen LogP contribution in [-0.2, 0) is 0 Å². The third-order valence-electron chi connectivity index (χ3n) is 3.63. The molecule has 0 amide bonds. The lowest BCUT2D eigenvalue weighted by Gasteiger charge is -2.02. The average Bonchev–Trinajstić information content (AvgIpc) is 3.20. The Morgan fingerprint density at radius 1 is 1.08 bits per heavy atom. The smallest absolute Gasteiger partial charge is 0.235 e. The van der Waals surface area contributed by atoms with Crippen molar-refractivity contribution in [2.24, 2.45) is 0 Å². The number of aromatic nitrogens is 4. The molecular formula is C18H13ClN4OS. The minimum absolute atomic E-state index is 0.653. The largest absolute Gasteiger partial charge is 0.496 e. The van der Waals surface area contributed by atoms with Crippen LogP contribution in [-0.4, -0.2) is 26.9 Å². The molecule has 124 valence electrons. The molecule has 0 saturated heterocycles. The second-order valence-electron chi connectivity index (χ2n) is 5.24. The fourth-order valence-corrected chi connectivity index (χ4v) is 3.40. The SMILES string of the molecule is COc1ccccc1/C=C/c1nn2c(-c3cccc(Cl)c3)nnc2s1. The molecular weight excluding hydrogens is 356 g/mol. The van der Waals surface area contributed by atoms with E-state index in [0.29, 0.717) is 10.8 Å². The van der Waals surface area contributed by atoms with Gasteiger partial charge in [-0.05, 0) is 30.4 Å². The van der Waals surface area contributed by atoms with Crippen LogP contribution in [0.4, 0.5) is 0 Å². The highest BCUT2D eigenvalue weighted by molar-refractivity contribution is 7.17. The number of halogens is 1. The van der Waals surface area contributed by atoms with E-state index in [-0.39, 0.29) is 0 Å². The van der Waals surface area contributed by atoms with Crippen LogP contribution in [0.3, 0.4) is 0 Å². The zero-order valence-electron chi connectivity index (χ0n) is 13.3. The van der Waals surface area contributed by atoms with Crippen molar-refractivity contribution in [3.63, 3.8) is 0 Å². The molecule has 0 radical (unpaired) electrons. The second-order valence-corrected chi connectivity index (χ2v) is 6.67. The van der Waals surface area contributed by atoms with Crippen LogP contribution in [0.2, 0.25) is 5.02 Å². The Morgan fingerprint density at radius 3 is 2.80 bits per heavy atom. The molecule has 4 rings (SSSR count). The van der Waals surface area contributed by atoms with Crippen molar-refractivity contribution < 1.29 is 4.74 Å². The summed E-state index contributed by atoms with van der Waals surface area (Å²) in [5.74, 6) is 1.49. The van der Waals surface area contributed by atoms with Crippen LogP contribution in [0.5, 0.6) is 5.75 Å². The highest BCUT2D eigenvalue weighted by Gasteiger charge is 2.12. The Hall–Kier alpha value is -2.70. The van der Waals surface area contributed by atoms with Gasteiger partial charge < -0.3 is 4.74 Å². The number of fused-ring (bicyclic) bond motifs is 1. The Balaban J connectivity index is 1.70. The Morgan fingerprint density at radius 2 is 1.96 bits per heavy atom. The van der Waals surface area contributed by atoms with Gasteiger partial charge in [-0.25, -0.2) is 0 Å². The molecule has 0 aliphatic carbocycles. The summed E-state index contributed by atoms with van der Waals surface area (Å²) in [5.41, 5.74) is 1.87. The van der Waals surface area contributed by atoms with Gasteiger partial charge in [0.25, 0.3) is 0 Å². The van der Waals surface area contributed by atoms with Gasteiger partial charge in [-0.2, -0.15) is 9.61 Å². The summed E-state index contributed by atoms with van der Waals surface area (Å²) in [6.07, 6.45) is 3.92. The number of benzene rings is 2. The predicted octanol–water partition coefficient (Wildman–Crippen LogP) is 4.69. The molecule has 2 heterocycles. The van der Waals surface area contributed by atoms with Gasteiger partial charge in [-0.1, -0.05) is 53.3 Å². The van der Waals surface area contributed by atoms with E-state index in [1.54, 1.807) is 11.6 Å². The quantitative estimate of drug-likeness (QED) is 0.524. The van der Waals surface area contributed by atoms with E-state index in [1.165, 1.54) is 11.3 Å². The number of rotatable bonds is 4. The van der Waals surface area contributed by atoms with Crippen LogP contribution < -0.4 is 4.74 Å². The molecule has 0 aliphatic rings. The summed E-state index contributed by atoms with van der Waals surface area (Å²) in [6, 6.07) is 15.3. The zero-order chi connectivity index (χ0) is 17.2. The first kappa shape index (κ1) is 15.8. The molecule has 25 heavy (non-hydrogen) atoms. The standard InChI is InChI=1S/C18H13ClN4OS/c1-24-15-8-3-2-5-12(15)9-10-16-22-23-17(20-21-18(23)25-16)13-6-4-7-14(19)11-13/h2-11H,1H3/b10-9+. The van der Waals surface area contributed by atoms with E-state index in [1.807, 2.05) is 60.7 Å². The Labute approximate surface area is 153 Å². The summed E-state index contributed by atoms with van der Waals surface area (Å²) >= 11 is 7.53. The van der Waals surface area contributed by atoms with Crippen molar-refractivity contribution in [3.05, 3.63) is 64.1 Å². The molecule has 0 unspecified atom stereocenters. The van der Waals surface area contributed by atoms with E-state index < -0.39 is 0 Å². The first-order valence-corrected chi connectivity index (χ1v) is 8.73. The van der Waals surface area contributed by atoms with Crippen molar-refractivity contribution in [1.29, 1.82) is 0 Å². The van der Waals surface area contributed by atoms with Gasteiger partial charge in [0.05, 0.1) is 7.11 Å². The second kappa shape index (κ2) is 6.66. The number of hydrogen-bond acceptors (Lipinski definition) is 5. The summed E-state index contributed by atoms with van der Waals surface area (Å²) in [5, 5.41) is 14.5. The summed E-state index contributed by atoms with van der Waals surface area (Å²) in [7, 11) is 1.66. The topological polar surface area (TPSA) is 52.3 Å². The van der Waals surface area contributed by atoms with Crippen molar-refractivity contribution >= 4 is 40.1 Å². The van der Waals surface area contributed by atoms with Gasteiger partial charge in [0, 0.05) is 16.1 Å². The number of ether oxygens (including phenoxy) is 1.